The molecule has 0 bridgehead atoms. The van der Waals surface area contributed by atoms with Crippen molar-refractivity contribution in [1.29, 1.82) is 0 Å². The highest BCUT2D eigenvalue weighted by atomic mass is 35.5. The number of nitro benzene ring substituents is 1. The second-order valence-electron chi connectivity index (χ2n) is 5.77. The Morgan fingerprint density at radius 3 is 2.43 bits per heavy atom. The zero-order valence-electron chi connectivity index (χ0n) is 14.4. The Morgan fingerprint density at radius 2 is 1.71 bits per heavy atom. The summed E-state index contributed by atoms with van der Waals surface area (Å²) < 4.78 is 27.9. The molecule has 0 saturated heterocycles. The molecule has 0 radical (unpaired) electrons. The van der Waals surface area contributed by atoms with Crippen molar-refractivity contribution < 1.29 is 13.3 Å². The average molecular weight is 435 g/mol. The predicted molar refractivity (Wildman–Crippen MR) is 111 cm³/mol. The van der Waals surface area contributed by atoms with Crippen LogP contribution in [0.2, 0.25) is 5.02 Å². The van der Waals surface area contributed by atoms with Gasteiger partial charge >= 0.3 is 0 Å². The summed E-state index contributed by atoms with van der Waals surface area (Å²) in [4.78, 5) is 10.9. The van der Waals surface area contributed by atoms with Crippen molar-refractivity contribution in [1.82, 2.24) is 0 Å². The molecule has 3 rings (SSSR count). The molecule has 0 spiro atoms. The number of rotatable bonds is 7. The van der Waals surface area contributed by atoms with Crippen molar-refractivity contribution in [2.45, 2.75) is 15.5 Å². The molecule has 0 saturated carbocycles. The number of non-ortho nitro benzene ring substituents is 1. The van der Waals surface area contributed by atoms with Crippen molar-refractivity contribution >= 4 is 44.8 Å². The van der Waals surface area contributed by atoms with Crippen molar-refractivity contribution in [3.63, 3.8) is 0 Å². The van der Waals surface area contributed by atoms with Crippen LogP contribution >= 0.6 is 23.4 Å². The fourth-order valence-corrected chi connectivity index (χ4v) is 4.66. The van der Waals surface area contributed by atoms with Gasteiger partial charge in [-0.15, -0.1) is 11.8 Å². The molecule has 0 heterocycles. The molecule has 0 aromatic heterocycles. The van der Waals surface area contributed by atoms with Crippen LogP contribution in [0, 0.1) is 10.1 Å². The SMILES string of the molecule is O=[N+]([O-])c1cccc(S(=O)(=O)Nc2ccccc2SCc2ccc(Cl)cc2)c1. The number of benzene rings is 3. The monoisotopic (exact) mass is 434 g/mol. The molecule has 28 heavy (non-hydrogen) atoms. The Balaban J connectivity index is 1.81. The van der Waals surface area contributed by atoms with E-state index >= 15 is 0 Å². The smallest absolute Gasteiger partial charge is 0.270 e. The Hall–Kier alpha value is -2.55. The maximum absolute atomic E-state index is 12.7. The highest BCUT2D eigenvalue weighted by Crippen LogP contribution is 2.32. The topological polar surface area (TPSA) is 89.3 Å². The van der Waals surface area contributed by atoms with Gasteiger partial charge in [0.05, 0.1) is 15.5 Å². The Kier molecular flexibility index (Phi) is 6.23. The van der Waals surface area contributed by atoms with Gasteiger partial charge in [0.15, 0.2) is 0 Å². The summed E-state index contributed by atoms with van der Waals surface area (Å²) in [6.45, 7) is 0. The molecule has 9 heteroatoms. The van der Waals surface area contributed by atoms with E-state index in [2.05, 4.69) is 4.72 Å². The largest absolute Gasteiger partial charge is 0.278 e. The standard InChI is InChI=1S/C19H15ClN2O4S2/c20-15-10-8-14(9-11-15)13-27-19-7-2-1-6-18(19)21-28(25,26)17-5-3-4-16(12-17)22(23)24/h1-12,21H,13H2. The van der Waals surface area contributed by atoms with Crippen LogP contribution in [0.1, 0.15) is 5.56 Å². The number of sulfonamides is 1. The minimum atomic E-state index is -3.97. The number of nitrogens with one attached hydrogen (secondary N) is 1. The summed E-state index contributed by atoms with van der Waals surface area (Å²) in [7, 11) is -3.97. The summed E-state index contributed by atoms with van der Waals surface area (Å²) in [6, 6.07) is 19.4. The molecule has 3 aromatic carbocycles. The molecule has 0 atom stereocenters. The van der Waals surface area contributed by atoms with Crippen LogP contribution in [0.4, 0.5) is 11.4 Å². The second kappa shape index (κ2) is 8.64. The number of hydrogen-bond donors (Lipinski definition) is 1. The van der Waals surface area contributed by atoms with E-state index in [0.29, 0.717) is 16.5 Å². The molecule has 0 unspecified atom stereocenters. The maximum atomic E-state index is 12.7. The van der Waals surface area contributed by atoms with E-state index < -0.39 is 14.9 Å². The van der Waals surface area contributed by atoms with E-state index in [1.807, 2.05) is 24.3 Å². The van der Waals surface area contributed by atoms with E-state index in [1.54, 1.807) is 24.3 Å². The Morgan fingerprint density at radius 1 is 1.00 bits per heavy atom. The lowest BCUT2D eigenvalue weighted by Crippen LogP contribution is -2.13. The third-order valence-electron chi connectivity index (χ3n) is 3.78. The van der Waals surface area contributed by atoms with Gasteiger partial charge in [-0.05, 0) is 35.9 Å². The quantitative estimate of drug-likeness (QED) is 0.308. The van der Waals surface area contributed by atoms with Crippen LogP contribution in [-0.4, -0.2) is 13.3 Å². The van der Waals surface area contributed by atoms with Gasteiger partial charge in [-0.2, -0.15) is 0 Å². The van der Waals surface area contributed by atoms with Gasteiger partial charge < -0.3 is 0 Å². The molecular formula is C19H15ClN2O4S2. The Labute approximate surface area is 171 Å². The molecule has 0 aliphatic carbocycles. The van der Waals surface area contributed by atoms with Crippen molar-refractivity contribution in [3.8, 4) is 0 Å². The Bertz CT molecular complexity index is 1100. The first-order valence-corrected chi connectivity index (χ1v) is 10.9. The van der Waals surface area contributed by atoms with E-state index in [-0.39, 0.29) is 10.6 Å². The van der Waals surface area contributed by atoms with Crippen molar-refractivity contribution in [2.75, 3.05) is 4.72 Å². The van der Waals surface area contributed by atoms with E-state index in [4.69, 9.17) is 11.6 Å². The number of para-hydroxylation sites is 1. The van der Waals surface area contributed by atoms with Gasteiger partial charge in [-0.3, -0.25) is 14.8 Å². The van der Waals surface area contributed by atoms with Gasteiger partial charge in [0.2, 0.25) is 0 Å². The van der Waals surface area contributed by atoms with Gasteiger partial charge in [0.25, 0.3) is 15.7 Å². The van der Waals surface area contributed by atoms with Crippen LogP contribution in [0.5, 0.6) is 0 Å². The lowest BCUT2D eigenvalue weighted by atomic mass is 10.2. The summed E-state index contributed by atoms with van der Waals surface area (Å²) in [5.41, 5.74) is 1.17. The number of thioether (sulfide) groups is 1. The highest BCUT2D eigenvalue weighted by Gasteiger charge is 2.19. The fraction of sp³-hybridized carbons (Fsp3) is 0.0526. The van der Waals surface area contributed by atoms with Crippen molar-refractivity contribution in [2.24, 2.45) is 0 Å². The minimum Gasteiger partial charge on any atom is -0.278 e. The van der Waals surface area contributed by atoms with Gasteiger partial charge in [0, 0.05) is 27.8 Å². The summed E-state index contributed by atoms with van der Waals surface area (Å²) >= 11 is 7.36. The lowest BCUT2D eigenvalue weighted by Gasteiger charge is -2.12. The van der Waals surface area contributed by atoms with Gasteiger partial charge in [-0.25, -0.2) is 8.42 Å². The van der Waals surface area contributed by atoms with Crippen LogP contribution in [-0.2, 0) is 15.8 Å². The van der Waals surface area contributed by atoms with E-state index in [1.165, 1.54) is 30.0 Å². The van der Waals surface area contributed by atoms with Gasteiger partial charge in [0.1, 0.15) is 0 Å². The zero-order chi connectivity index (χ0) is 20.1. The number of nitro groups is 1. The van der Waals surface area contributed by atoms with E-state index in [9.17, 15) is 18.5 Å². The number of halogens is 1. The minimum absolute atomic E-state index is 0.167. The highest BCUT2D eigenvalue weighted by molar-refractivity contribution is 7.98. The molecule has 1 N–H and O–H groups in total. The molecule has 0 amide bonds. The number of hydrogen-bond acceptors (Lipinski definition) is 5. The maximum Gasteiger partial charge on any atom is 0.270 e. The molecule has 0 aliphatic heterocycles. The van der Waals surface area contributed by atoms with E-state index in [0.717, 1.165) is 16.5 Å². The number of anilines is 1. The summed E-state index contributed by atoms with van der Waals surface area (Å²) in [5, 5.41) is 11.6. The van der Waals surface area contributed by atoms with Crippen LogP contribution in [0.3, 0.4) is 0 Å². The first-order valence-electron chi connectivity index (χ1n) is 8.09. The molecule has 3 aromatic rings. The summed E-state index contributed by atoms with van der Waals surface area (Å²) in [6.07, 6.45) is 0. The molecular weight excluding hydrogens is 420 g/mol. The molecule has 0 fully saturated rings. The normalized spacial score (nSPS) is 11.2. The lowest BCUT2D eigenvalue weighted by molar-refractivity contribution is -0.385. The van der Waals surface area contributed by atoms with Crippen molar-refractivity contribution in [3.05, 3.63) is 93.5 Å². The molecule has 0 aliphatic rings. The average Bonchev–Trinajstić information content (AvgIpc) is 2.68. The third kappa shape index (κ3) is 5.03. The first-order chi connectivity index (χ1) is 13.3. The number of nitrogens with zero attached hydrogens (tertiary/aromatic N) is 1. The molecule has 6 nitrogen and oxygen atoms in total. The molecule has 144 valence electrons. The fourth-order valence-electron chi connectivity index (χ4n) is 2.39. The predicted octanol–water partition coefficient (Wildman–Crippen LogP) is 5.34. The van der Waals surface area contributed by atoms with Crippen LogP contribution in [0.25, 0.3) is 0 Å². The summed E-state index contributed by atoms with van der Waals surface area (Å²) in [5.74, 6) is 0.632. The zero-order valence-corrected chi connectivity index (χ0v) is 16.8. The second-order valence-corrected chi connectivity index (χ2v) is 8.91. The third-order valence-corrected chi connectivity index (χ3v) is 6.54. The van der Waals surface area contributed by atoms with Crippen LogP contribution in [0.15, 0.2) is 82.6 Å². The van der Waals surface area contributed by atoms with Gasteiger partial charge in [-0.1, -0.05) is 41.9 Å². The van der Waals surface area contributed by atoms with Crippen LogP contribution < -0.4 is 4.72 Å². The first kappa shape index (κ1) is 20.2.